The Morgan fingerprint density at radius 3 is 0.800 bits per heavy atom. The van der Waals surface area contributed by atoms with E-state index in [4.69, 9.17) is 7.56 Å². The summed E-state index contributed by atoms with van der Waals surface area (Å²) in [6, 6.07) is 0. The van der Waals surface area contributed by atoms with Gasteiger partial charge in [-0.05, 0) is 0 Å². The zero-order chi connectivity index (χ0) is 33.5. The second-order valence-corrected chi connectivity index (χ2v) is 35.4. The molecule has 0 N–H and O–H groups in total. The molecule has 0 heterocycles. The topological polar surface area (TPSA) is 61.8 Å². The van der Waals surface area contributed by atoms with Crippen molar-refractivity contribution in [3.8, 4) is 0 Å². The average molecular weight is 852 g/mol. The molecule has 0 saturated heterocycles. The molecule has 0 saturated carbocycles. The molecule has 5 nitrogen and oxygen atoms in total. The molecule has 0 aromatic heterocycles. The molecular formula is C38H78O5Sn2. The van der Waals surface area contributed by atoms with Crippen molar-refractivity contribution >= 4 is 50.3 Å². The third-order valence-electron chi connectivity index (χ3n) is 9.19. The summed E-state index contributed by atoms with van der Waals surface area (Å²) in [5, 5.41) is 0. The number of carbonyl (C=O) groups is 2. The fourth-order valence-corrected chi connectivity index (χ4v) is 46.8. The van der Waals surface area contributed by atoms with Gasteiger partial charge < -0.3 is 0 Å². The Hall–Kier alpha value is 0.497. The Morgan fingerprint density at radius 2 is 0.578 bits per heavy atom. The number of unbranched alkanes of at least 4 members (excludes halogenated alkanes) is 20. The van der Waals surface area contributed by atoms with Gasteiger partial charge >= 0.3 is 294 Å². The van der Waals surface area contributed by atoms with Gasteiger partial charge in [-0.25, -0.2) is 0 Å². The van der Waals surface area contributed by atoms with E-state index in [1.54, 1.807) is 0 Å². The van der Waals surface area contributed by atoms with Crippen LogP contribution in [0.2, 0.25) is 17.7 Å². The molecule has 7 heteroatoms. The molecule has 0 bridgehead atoms. The fourth-order valence-electron chi connectivity index (χ4n) is 6.30. The summed E-state index contributed by atoms with van der Waals surface area (Å²) in [5.74, 6) is -0.187. The number of rotatable bonds is 34. The monoisotopic (exact) mass is 854 g/mol. The third kappa shape index (κ3) is 25.2. The summed E-state index contributed by atoms with van der Waals surface area (Å²) in [6.45, 7) is 12.9. The predicted octanol–water partition coefficient (Wildman–Crippen LogP) is 13.2. The second kappa shape index (κ2) is 31.7. The van der Waals surface area contributed by atoms with Gasteiger partial charge in [0.05, 0.1) is 0 Å². The molecule has 0 spiro atoms. The van der Waals surface area contributed by atoms with Gasteiger partial charge in [0.25, 0.3) is 0 Å². The number of hydrogen-bond acceptors (Lipinski definition) is 5. The molecule has 0 atom stereocenters. The van der Waals surface area contributed by atoms with Crippen LogP contribution >= 0.6 is 0 Å². The summed E-state index contributed by atoms with van der Waals surface area (Å²) < 4.78 is 24.6. The second-order valence-electron chi connectivity index (χ2n) is 13.6. The van der Waals surface area contributed by atoms with E-state index in [-0.39, 0.29) is 11.9 Å². The molecule has 45 heavy (non-hydrogen) atoms. The van der Waals surface area contributed by atoms with Crippen LogP contribution in [-0.4, -0.2) is 50.3 Å². The molecule has 0 fully saturated rings. The van der Waals surface area contributed by atoms with Crippen molar-refractivity contribution < 1.29 is 17.1 Å². The summed E-state index contributed by atoms with van der Waals surface area (Å²) in [7, 11) is 0. The zero-order valence-electron chi connectivity index (χ0n) is 31.3. The molecular weight excluding hydrogens is 774 g/mol. The molecule has 0 unspecified atom stereocenters. The standard InChI is InChI=1S/4C8H17.2C3H6O2.O.2Sn/c4*1-3-5-7-8-6-4-2;2*1-2-3(4)5;;;/h4*1,3-8H2,2H3;2*2H2,1H3,(H,4,5);;;/q;;;;;;;2*+1/p-2. The molecule has 0 aliphatic rings. The quantitative estimate of drug-likeness (QED) is 0.0477. The Bertz CT molecular complexity index is 599. The first-order valence-corrected chi connectivity index (χ1v) is 32.7. The van der Waals surface area contributed by atoms with Gasteiger partial charge in [-0.15, -0.1) is 0 Å². The van der Waals surface area contributed by atoms with Crippen LogP contribution in [0.25, 0.3) is 0 Å². The predicted molar refractivity (Wildman–Crippen MR) is 198 cm³/mol. The van der Waals surface area contributed by atoms with E-state index < -0.39 is 38.4 Å². The molecule has 0 aromatic rings. The Morgan fingerprint density at radius 1 is 0.356 bits per heavy atom. The van der Waals surface area contributed by atoms with Crippen molar-refractivity contribution in [1.29, 1.82) is 0 Å². The Kier molecular flexibility index (Phi) is 32.1. The summed E-state index contributed by atoms with van der Waals surface area (Å²) in [6.07, 6.45) is 30.0. The first kappa shape index (κ1) is 45.5. The third-order valence-corrected chi connectivity index (χ3v) is 41.7. The molecule has 0 radical (unpaired) electrons. The Labute approximate surface area is 291 Å². The molecule has 0 aliphatic carbocycles. The number of carbonyl (C=O) groups excluding carboxylic acids is 2. The van der Waals surface area contributed by atoms with Crippen molar-refractivity contribution in [3.05, 3.63) is 0 Å². The molecule has 0 amide bonds. The van der Waals surface area contributed by atoms with E-state index in [1.165, 1.54) is 128 Å². The van der Waals surface area contributed by atoms with Crippen molar-refractivity contribution in [2.45, 2.75) is 226 Å². The summed E-state index contributed by atoms with van der Waals surface area (Å²) >= 11 is -7.87. The van der Waals surface area contributed by atoms with E-state index in [1.807, 2.05) is 13.8 Å². The van der Waals surface area contributed by atoms with E-state index in [9.17, 15) is 9.59 Å². The van der Waals surface area contributed by atoms with Gasteiger partial charge in [0.1, 0.15) is 0 Å². The van der Waals surface area contributed by atoms with Gasteiger partial charge in [-0.1, -0.05) is 0 Å². The fraction of sp³-hybridized carbons (Fsp3) is 0.947. The Balaban J connectivity index is 6.26. The minimum atomic E-state index is -3.93. The van der Waals surface area contributed by atoms with Crippen LogP contribution in [0.4, 0.5) is 0 Å². The van der Waals surface area contributed by atoms with Gasteiger partial charge in [0.2, 0.25) is 0 Å². The van der Waals surface area contributed by atoms with E-state index >= 15 is 0 Å². The number of hydrogen-bond donors (Lipinski definition) is 0. The molecule has 0 aliphatic heterocycles. The van der Waals surface area contributed by atoms with Gasteiger partial charge in [-0.2, -0.15) is 0 Å². The van der Waals surface area contributed by atoms with Crippen molar-refractivity contribution in [2.75, 3.05) is 0 Å². The molecule has 0 aromatic carbocycles. The van der Waals surface area contributed by atoms with Gasteiger partial charge in [-0.3, -0.25) is 0 Å². The summed E-state index contributed by atoms with van der Waals surface area (Å²) in [5.41, 5.74) is 0. The van der Waals surface area contributed by atoms with E-state index in [2.05, 4.69) is 27.7 Å². The van der Waals surface area contributed by atoms with Crippen LogP contribution < -0.4 is 0 Å². The van der Waals surface area contributed by atoms with Gasteiger partial charge in [0.15, 0.2) is 0 Å². The van der Waals surface area contributed by atoms with Crippen molar-refractivity contribution in [1.82, 2.24) is 0 Å². The van der Waals surface area contributed by atoms with Crippen LogP contribution in [0.3, 0.4) is 0 Å². The summed E-state index contributed by atoms with van der Waals surface area (Å²) in [4.78, 5) is 26.3. The van der Waals surface area contributed by atoms with Crippen LogP contribution in [0, 0.1) is 0 Å². The van der Waals surface area contributed by atoms with Crippen LogP contribution in [-0.2, 0) is 17.1 Å². The maximum absolute atomic E-state index is 13.1. The van der Waals surface area contributed by atoms with Crippen LogP contribution in [0.15, 0.2) is 0 Å². The van der Waals surface area contributed by atoms with Crippen molar-refractivity contribution in [3.63, 3.8) is 0 Å². The normalized spacial score (nSPS) is 12.0. The zero-order valence-corrected chi connectivity index (χ0v) is 37.0. The van der Waals surface area contributed by atoms with Crippen LogP contribution in [0.1, 0.15) is 208 Å². The maximum atomic E-state index is 13.1. The minimum absolute atomic E-state index is 0.0936. The molecule has 268 valence electrons. The SMILES string of the molecule is CCCCCCC[CH2][Sn]([CH2]CCCCCCC)([O]C(=O)CC)[O][Sn]([CH2]CCCCCCC)([CH2]CCCCCCC)[O]C(=O)CC. The molecule has 0 rings (SSSR count). The average Bonchev–Trinajstić information content (AvgIpc) is 3.03. The van der Waals surface area contributed by atoms with Gasteiger partial charge in [0, 0.05) is 0 Å². The van der Waals surface area contributed by atoms with Crippen LogP contribution in [0.5, 0.6) is 0 Å². The van der Waals surface area contributed by atoms with E-state index in [0.29, 0.717) is 12.8 Å². The first-order valence-electron chi connectivity index (χ1n) is 20.0. The first-order chi connectivity index (χ1) is 21.9. The van der Waals surface area contributed by atoms with E-state index in [0.717, 1.165) is 43.4 Å². The van der Waals surface area contributed by atoms with Crippen molar-refractivity contribution in [2.24, 2.45) is 0 Å².